The van der Waals surface area contributed by atoms with Crippen LogP contribution in [0.25, 0.3) is 123 Å². The summed E-state index contributed by atoms with van der Waals surface area (Å²) >= 11 is 0. The molecular weight excluding hydrogens is 1200 g/mol. The first-order valence-electron chi connectivity index (χ1n) is 34.0. The summed E-state index contributed by atoms with van der Waals surface area (Å²) in [6.07, 6.45) is 0. The molecule has 0 amide bonds. The van der Waals surface area contributed by atoms with Crippen LogP contribution >= 0.6 is 0 Å². The SMILES string of the molecule is c1ccc(-c2ccc(N3c4ccc(-c5ccccc5)cc4B4c5cc(-c6ccccc6)ccc5N(c5ccc(-c6ccccc6)cc5)c5cc(-c6cc(-c7cc(-c8ccccc8)cc(-c8ccccc8)c7)nc(-c7cc(-c8ccccc8)cc(-c8ccccc8)c7)n6)cc3c54)cc2)cc1. The van der Waals surface area contributed by atoms with E-state index in [1.807, 2.05) is 0 Å². The van der Waals surface area contributed by atoms with Gasteiger partial charge < -0.3 is 9.80 Å². The van der Waals surface area contributed by atoms with E-state index in [-0.39, 0.29) is 6.71 Å². The van der Waals surface area contributed by atoms with E-state index in [9.17, 15) is 0 Å². The lowest BCUT2D eigenvalue weighted by molar-refractivity contribution is 1.18. The monoisotopic (exact) mass is 1260 g/mol. The molecule has 0 spiro atoms. The minimum absolute atomic E-state index is 0.202. The van der Waals surface area contributed by atoms with E-state index in [0.29, 0.717) is 5.82 Å². The van der Waals surface area contributed by atoms with Gasteiger partial charge in [-0.3, -0.25) is 0 Å². The first-order chi connectivity index (χ1) is 49.0. The summed E-state index contributed by atoms with van der Waals surface area (Å²) < 4.78 is 0. The second-order valence-electron chi connectivity index (χ2n) is 25.7. The van der Waals surface area contributed by atoms with Gasteiger partial charge in [-0.05, 0) is 196 Å². The molecule has 0 radical (unpaired) electrons. The lowest BCUT2D eigenvalue weighted by Crippen LogP contribution is -2.61. The van der Waals surface area contributed by atoms with Gasteiger partial charge in [0.15, 0.2) is 5.82 Å². The smallest absolute Gasteiger partial charge is 0.252 e. The van der Waals surface area contributed by atoms with Gasteiger partial charge in [0.05, 0.1) is 11.4 Å². The molecule has 2 aliphatic rings. The Kier molecular flexibility index (Phi) is 15.0. The summed E-state index contributed by atoms with van der Waals surface area (Å²) in [5.74, 6) is 0.618. The summed E-state index contributed by atoms with van der Waals surface area (Å²) in [6.45, 7) is -0.202. The van der Waals surface area contributed by atoms with Crippen molar-refractivity contribution in [2.45, 2.75) is 0 Å². The maximum Gasteiger partial charge on any atom is 0.252 e. The molecule has 16 aromatic rings. The number of nitrogens with zero attached hydrogens (tertiary/aromatic N) is 4. The van der Waals surface area contributed by atoms with Crippen molar-refractivity contribution in [1.82, 2.24) is 9.97 Å². The summed E-state index contributed by atoms with van der Waals surface area (Å²) in [5, 5.41) is 0. The van der Waals surface area contributed by atoms with Crippen molar-refractivity contribution in [3.63, 3.8) is 0 Å². The second kappa shape index (κ2) is 25.3. The Balaban J connectivity index is 0.939. The van der Waals surface area contributed by atoms with Crippen LogP contribution in [0, 0.1) is 0 Å². The Morgan fingerprint density at radius 1 is 0.182 bits per heavy atom. The Labute approximate surface area is 578 Å². The fourth-order valence-electron chi connectivity index (χ4n) is 14.8. The third-order valence-corrected chi connectivity index (χ3v) is 19.6. The van der Waals surface area contributed by atoms with Gasteiger partial charge in [0.25, 0.3) is 6.71 Å². The standard InChI is InChI=1S/C94H63BN4/c1-9-25-64(26-10-1)72-41-47-83(48-42-72)98-89-51-45-74(66-29-13-3-14-30-66)59-85(89)95-86-60-75(67-31-15-4-16-32-67)46-52-90(86)99(84-49-43-73(44-50-84)65-27-11-2-12-28-65)92-62-81(61-91(98)93(92)95)88-63-87(80-55-76(68-33-17-5-18-34-68)53-77(56-80)69-35-19-6-20-36-69)96-94(97-88)82-57-78(70-37-21-7-22-38-70)54-79(58-82)71-39-23-8-24-40-71/h1-63H. The van der Waals surface area contributed by atoms with Crippen molar-refractivity contribution in [2.75, 3.05) is 9.80 Å². The van der Waals surface area contributed by atoms with Gasteiger partial charge in [0.2, 0.25) is 0 Å². The fourth-order valence-corrected chi connectivity index (χ4v) is 14.8. The number of hydrogen-bond donors (Lipinski definition) is 0. The van der Waals surface area contributed by atoms with Crippen molar-refractivity contribution < 1.29 is 0 Å². The third-order valence-electron chi connectivity index (χ3n) is 19.6. The lowest BCUT2D eigenvalue weighted by Gasteiger charge is -2.44. The van der Waals surface area contributed by atoms with E-state index in [0.717, 1.165) is 129 Å². The van der Waals surface area contributed by atoms with Gasteiger partial charge in [0, 0.05) is 50.8 Å². The van der Waals surface area contributed by atoms with Crippen LogP contribution in [0.2, 0.25) is 0 Å². The van der Waals surface area contributed by atoms with Crippen molar-refractivity contribution in [2.24, 2.45) is 0 Å². The molecule has 3 heterocycles. The molecular formula is C94H63BN4. The normalized spacial score (nSPS) is 12.0. The number of rotatable bonds is 13. The third kappa shape index (κ3) is 11.2. The average molecular weight is 1260 g/mol. The van der Waals surface area contributed by atoms with E-state index in [1.165, 1.54) is 38.6 Å². The molecule has 0 aliphatic carbocycles. The zero-order valence-electron chi connectivity index (χ0n) is 54.2. The molecule has 462 valence electrons. The van der Waals surface area contributed by atoms with E-state index in [2.05, 4.69) is 392 Å². The molecule has 0 unspecified atom stereocenters. The van der Waals surface area contributed by atoms with Crippen molar-refractivity contribution in [1.29, 1.82) is 0 Å². The van der Waals surface area contributed by atoms with E-state index in [1.54, 1.807) is 0 Å². The maximum atomic E-state index is 5.91. The van der Waals surface area contributed by atoms with Crippen LogP contribution in [0.5, 0.6) is 0 Å². The molecule has 15 aromatic carbocycles. The molecule has 0 saturated heterocycles. The molecule has 2 aliphatic heterocycles. The lowest BCUT2D eigenvalue weighted by atomic mass is 9.33. The largest absolute Gasteiger partial charge is 0.311 e. The van der Waals surface area contributed by atoms with Crippen LogP contribution in [0.15, 0.2) is 382 Å². The second-order valence-corrected chi connectivity index (χ2v) is 25.7. The minimum atomic E-state index is -0.202. The summed E-state index contributed by atoms with van der Waals surface area (Å²) in [7, 11) is 0. The molecule has 5 heteroatoms. The number of aromatic nitrogens is 2. The van der Waals surface area contributed by atoms with Crippen molar-refractivity contribution in [3.8, 4) is 123 Å². The van der Waals surface area contributed by atoms with Crippen molar-refractivity contribution >= 4 is 57.2 Å². The van der Waals surface area contributed by atoms with Gasteiger partial charge in [-0.25, -0.2) is 9.97 Å². The van der Waals surface area contributed by atoms with Crippen LogP contribution in [-0.2, 0) is 0 Å². The number of hydrogen-bond acceptors (Lipinski definition) is 4. The quantitative estimate of drug-likeness (QED) is 0.108. The highest BCUT2D eigenvalue weighted by Crippen LogP contribution is 2.48. The molecule has 18 rings (SSSR count). The minimum Gasteiger partial charge on any atom is -0.311 e. The van der Waals surface area contributed by atoms with Gasteiger partial charge in [0.1, 0.15) is 0 Å². The maximum absolute atomic E-state index is 5.91. The van der Waals surface area contributed by atoms with Gasteiger partial charge in [-0.15, -0.1) is 0 Å². The van der Waals surface area contributed by atoms with Gasteiger partial charge >= 0.3 is 0 Å². The van der Waals surface area contributed by atoms with Crippen molar-refractivity contribution in [3.05, 3.63) is 382 Å². The highest BCUT2D eigenvalue weighted by atomic mass is 15.2. The first kappa shape index (κ1) is 58.6. The van der Waals surface area contributed by atoms with E-state index in [4.69, 9.17) is 9.97 Å². The molecule has 0 N–H and O–H groups in total. The molecule has 0 bridgehead atoms. The average Bonchev–Trinajstić information content (AvgIpc) is 0.695. The molecule has 99 heavy (non-hydrogen) atoms. The molecule has 0 atom stereocenters. The Hall–Kier alpha value is -13.0. The van der Waals surface area contributed by atoms with Crippen LogP contribution in [0.3, 0.4) is 0 Å². The Bertz CT molecular complexity index is 5160. The summed E-state index contributed by atoms with van der Waals surface area (Å²) in [5.41, 5.74) is 32.7. The first-order valence-corrected chi connectivity index (χ1v) is 34.0. The van der Waals surface area contributed by atoms with Gasteiger partial charge in [-0.1, -0.05) is 291 Å². The Morgan fingerprint density at radius 3 is 0.758 bits per heavy atom. The molecule has 0 fully saturated rings. The number of fused-ring (bicyclic) bond motifs is 4. The highest BCUT2D eigenvalue weighted by Gasteiger charge is 2.44. The topological polar surface area (TPSA) is 32.3 Å². The highest BCUT2D eigenvalue weighted by molar-refractivity contribution is 7.00. The number of benzene rings is 15. The zero-order valence-corrected chi connectivity index (χ0v) is 54.2. The molecule has 1 aromatic heterocycles. The predicted octanol–water partition coefficient (Wildman–Crippen LogP) is 22.9. The molecule has 0 saturated carbocycles. The summed E-state index contributed by atoms with van der Waals surface area (Å²) in [6, 6.07) is 139. The van der Waals surface area contributed by atoms with E-state index < -0.39 is 0 Å². The van der Waals surface area contributed by atoms with Crippen LogP contribution in [0.1, 0.15) is 0 Å². The predicted molar refractivity (Wildman–Crippen MR) is 416 cm³/mol. The fraction of sp³-hybridized carbons (Fsp3) is 0. The Morgan fingerprint density at radius 2 is 0.434 bits per heavy atom. The van der Waals surface area contributed by atoms with Crippen LogP contribution < -0.4 is 26.2 Å². The zero-order chi connectivity index (χ0) is 65.6. The van der Waals surface area contributed by atoms with Crippen LogP contribution in [-0.4, -0.2) is 16.7 Å². The summed E-state index contributed by atoms with van der Waals surface area (Å²) in [4.78, 5) is 16.7. The number of anilines is 6. The van der Waals surface area contributed by atoms with Gasteiger partial charge in [-0.2, -0.15) is 0 Å². The van der Waals surface area contributed by atoms with E-state index >= 15 is 0 Å². The molecule has 4 nitrogen and oxygen atoms in total. The van der Waals surface area contributed by atoms with Crippen LogP contribution in [0.4, 0.5) is 34.1 Å².